The quantitative estimate of drug-likeness (QED) is 0.837. The lowest BCUT2D eigenvalue weighted by Gasteiger charge is -2.36. The van der Waals surface area contributed by atoms with E-state index in [0.717, 1.165) is 17.5 Å². The van der Waals surface area contributed by atoms with E-state index in [-0.39, 0.29) is 24.3 Å². The van der Waals surface area contributed by atoms with Crippen LogP contribution in [-0.4, -0.2) is 60.4 Å². The van der Waals surface area contributed by atoms with Gasteiger partial charge in [0, 0.05) is 26.2 Å². The van der Waals surface area contributed by atoms with Crippen molar-refractivity contribution < 1.29 is 14.3 Å². The zero-order chi connectivity index (χ0) is 19.3. The van der Waals surface area contributed by atoms with E-state index in [1.165, 1.54) is 0 Å². The highest BCUT2D eigenvalue weighted by molar-refractivity contribution is 5.83. The van der Waals surface area contributed by atoms with Gasteiger partial charge >= 0.3 is 0 Å². The zero-order valence-corrected chi connectivity index (χ0v) is 16.3. The van der Waals surface area contributed by atoms with Crippen LogP contribution in [0, 0.1) is 19.8 Å². The van der Waals surface area contributed by atoms with Crippen LogP contribution in [-0.2, 0) is 9.59 Å². The summed E-state index contributed by atoms with van der Waals surface area (Å²) in [5, 5.41) is 0. The molecule has 0 aliphatic carbocycles. The Morgan fingerprint density at radius 1 is 1.08 bits per heavy atom. The number of carbonyl (C=O) groups excluding carboxylic acids is 2. The van der Waals surface area contributed by atoms with Gasteiger partial charge in [-0.05, 0) is 43.0 Å². The fourth-order valence-corrected chi connectivity index (χ4v) is 3.14. The molecule has 0 radical (unpaired) electrons. The number of aryl methyl sites for hydroxylation is 2. The highest BCUT2D eigenvalue weighted by Crippen LogP contribution is 2.16. The van der Waals surface area contributed by atoms with Crippen molar-refractivity contribution in [3.8, 4) is 5.75 Å². The summed E-state index contributed by atoms with van der Waals surface area (Å²) < 4.78 is 5.65. The second kappa shape index (κ2) is 9.03. The third kappa shape index (κ3) is 5.21. The van der Waals surface area contributed by atoms with Crippen LogP contribution < -0.4 is 10.5 Å². The van der Waals surface area contributed by atoms with E-state index < -0.39 is 6.04 Å². The standard InChI is InChI=1S/C20H31N3O3/c1-5-16(4)19(21)20(25)23-8-6-22(7-9-23)18(24)13-26-17-11-14(2)10-15(3)12-17/h10-12,16,19H,5-9,13,21H2,1-4H3. The molecule has 144 valence electrons. The maximum absolute atomic E-state index is 12.4. The Morgan fingerprint density at radius 2 is 1.62 bits per heavy atom. The van der Waals surface area contributed by atoms with Gasteiger partial charge in [-0.2, -0.15) is 0 Å². The molecule has 1 saturated heterocycles. The molecule has 6 nitrogen and oxygen atoms in total. The van der Waals surface area contributed by atoms with Gasteiger partial charge in [0.15, 0.2) is 6.61 Å². The predicted octanol–water partition coefficient (Wildman–Crippen LogP) is 1.73. The number of nitrogens with zero attached hydrogens (tertiary/aromatic N) is 2. The molecule has 2 amide bonds. The van der Waals surface area contributed by atoms with E-state index in [0.29, 0.717) is 31.9 Å². The molecule has 2 atom stereocenters. The molecule has 0 aromatic heterocycles. The smallest absolute Gasteiger partial charge is 0.260 e. The minimum Gasteiger partial charge on any atom is -0.484 e. The van der Waals surface area contributed by atoms with Crippen molar-refractivity contribution in [2.75, 3.05) is 32.8 Å². The first kappa shape index (κ1) is 20.2. The molecule has 1 aromatic carbocycles. The second-order valence-electron chi connectivity index (χ2n) is 7.23. The average molecular weight is 361 g/mol. The van der Waals surface area contributed by atoms with Crippen LogP contribution in [0.1, 0.15) is 31.4 Å². The molecule has 1 heterocycles. The van der Waals surface area contributed by atoms with Gasteiger partial charge in [-0.1, -0.05) is 26.3 Å². The SMILES string of the molecule is CCC(C)C(N)C(=O)N1CCN(C(=O)COc2cc(C)cc(C)c2)CC1. The van der Waals surface area contributed by atoms with E-state index in [1.54, 1.807) is 9.80 Å². The number of nitrogens with two attached hydrogens (primary N) is 1. The van der Waals surface area contributed by atoms with Crippen LogP contribution in [0.15, 0.2) is 18.2 Å². The van der Waals surface area contributed by atoms with Gasteiger partial charge in [-0.15, -0.1) is 0 Å². The van der Waals surface area contributed by atoms with Crippen molar-refractivity contribution in [1.29, 1.82) is 0 Å². The molecule has 1 fully saturated rings. The van der Waals surface area contributed by atoms with E-state index in [4.69, 9.17) is 10.5 Å². The molecule has 1 aliphatic rings. The molecule has 0 spiro atoms. The fourth-order valence-electron chi connectivity index (χ4n) is 3.14. The highest BCUT2D eigenvalue weighted by atomic mass is 16.5. The summed E-state index contributed by atoms with van der Waals surface area (Å²) in [6.07, 6.45) is 0.876. The fraction of sp³-hybridized carbons (Fsp3) is 0.600. The lowest BCUT2D eigenvalue weighted by atomic mass is 9.98. The topological polar surface area (TPSA) is 75.9 Å². The molecule has 2 N–H and O–H groups in total. The number of ether oxygens (including phenoxy) is 1. The summed E-state index contributed by atoms with van der Waals surface area (Å²) >= 11 is 0. The van der Waals surface area contributed by atoms with E-state index in [1.807, 2.05) is 39.8 Å². The lowest BCUT2D eigenvalue weighted by Crippen LogP contribution is -2.56. The summed E-state index contributed by atoms with van der Waals surface area (Å²) in [5.74, 6) is 0.804. The zero-order valence-electron chi connectivity index (χ0n) is 16.3. The first-order valence-electron chi connectivity index (χ1n) is 9.35. The Morgan fingerprint density at radius 3 is 2.15 bits per heavy atom. The minimum atomic E-state index is -0.463. The second-order valence-corrected chi connectivity index (χ2v) is 7.23. The maximum Gasteiger partial charge on any atom is 0.260 e. The van der Waals surface area contributed by atoms with E-state index in [9.17, 15) is 9.59 Å². The highest BCUT2D eigenvalue weighted by Gasteiger charge is 2.29. The van der Waals surface area contributed by atoms with Crippen LogP contribution in [0.3, 0.4) is 0 Å². The van der Waals surface area contributed by atoms with Crippen molar-refractivity contribution in [2.45, 2.75) is 40.2 Å². The van der Waals surface area contributed by atoms with Crippen molar-refractivity contribution in [2.24, 2.45) is 11.7 Å². The molecule has 2 rings (SSSR count). The van der Waals surface area contributed by atoms with Crippen LogP contribution in [0.5, 0.6) is 5.75 Å². The van der Waals surface area contributed by atoms with Crippen LogP contribution >= 0.6 is 0 Å². The monoisotopic (exact) mass is 361 g/mol. The lowest BCUT2D eigenvalue weighted by molar-refractivity contribution is -0.142. The summed E-state index contributed by atoms with van der Waals surface area (Å²) in [7, 11) is 0. The van der Waals surface area contributed by atoms with Gasteiger partial charge in [-0.25, -0.2) is 0 Å². The van der Waals surface area contributed by atoms with Crippen LogP contribution in [0.25, 0.3) is 0 Å². The molecule has 0 bridgehead atoms. The van der Waals surface area contributed by atoms with Gasteiger partial charge in [0.2, 0.25) is 5.91 Å². The Balaban J connectivity index is 1.81. The molecular formula is C20H31N3O3. The molecule has 1 aliphatic heterocycles. The van der Waals surface area contributed by atoms with Gasteiger partial charge < -0.3 is 20.3 Å². The Kier molecular flexibility index (Phi) is 7.03. The van der Waals surface area contributed by atoms with Gasteiger partial charge in [0.25, 0.3) is 5.91 Å². The van der Waals surface area contributed by atoms with Gasteiger partial charge in [-0.3, -0.25) is 9.59 Å². The van der Waals surface area contributed by atoms with Crippen molar-refractivity contribution in [3.63, 3.8) is 0 Å². The number of rotatable bonds is 6. The van der Waals surface area contributed by atoms with Crippen molar-refractivity contribution >= 4 is 11.8 Å². The Hall–Kier alpha value is -2.08. The van der Waals surface area contributed by atoms with Crippen LogP contribution in [0.2, 0.25) is 0 Å². The number of piperazine rings is 1. The first-order valence-corrected chi connectivity index (χ1v) is 9.35. The first-order chi connectivity index (χ1) is 12.3. The van der Waals surface area contributed by atoms with Gasteiger partial charge in [0.05, 0.1) is 6.04 Å². The van der Waals surface area contributed by atoms with Gasteiger partial charge in [0.1, 0.15) is 5.75 Å². The third-order valence-corrected chi connectivity index (χ3v) is 5.04. The summed E-state index contributed by atoms with van der Waals surface area (Å²) in [4.78, 5) is 28.3. The van der Waals surface area contributed by atoms with E-state index in [2.05, 4.69) is 6.07 Å². The molecular weight excluding hydrogens is 330 g/mol. The number of amides is 2. The number of hydrogen-bond acceptors (Lipinski definition) is 4. The number of carbonyl (C=O) groups is 2. The largest absolute Gasteiger partial charge is 0.484 e. The number of hydrogen-bond donors (Lipinski definition) is 1. The predicted molar refractivity (Wildman–Crippen MR) is 102 cm³/mol. The molecule has 26 heavy (non-hydrogen) atoms. The Bertz CT molecular complexity index is 619. The summed E-state index contributed by atoms with van der Waals surface area (Å²) in [6, 6.07) is 5.45. The molecule has 0 saturated carbocycles. The third-order valence-electron chi connectivity index (χ3n) is 5.04. The molecule has 1 aromatic rings. The normalized spacial score (nSPS) is 17.0. The van der Waals surface area contributed by atoms with Crippen molar-refractivity contribution in [1.82, 2.24) is 9.80 Å². The van der Waals surface area contributed by atoms with E-state index >= 15 is 0 Å². The average Bonchev–Trinajstić information content (AvgIpc) is 2.63. The minimum absolute atomic E-state index is 0.0158. The maximum atomic E-state index is 12.4. The summed E-state index contributed by atoms with van der Waals surface area (Å²) in [6.45, 7) is 10.1. The number of benzene rings is 1. The molecule has 6 heteroatoms. The summed E-state index contributed by atoms with van der Waals surface area (Å²) in [5.41, 5.74) is 8.26. The van der Waals surface area contributed by atoms with Crippen molar-refractivity contribution in [3.05, 3.63) is 29.3 Å². The Labute approximate surface area is 156 Å². The van der Waals surface area contributed by atoms with Crippen LogP contribution in [0.4, 0.5) is 0 Å². The molecule has 2 unspecified atom stereocenters.